The van der Waals surface area contributed by atoms with E-state index in [0.29, 0.717) is 0 Å². The maximum atomic E-state index is 5.96. The van der Waals surface area contributed by atoms with Crippen LogP contribution in [0.4, 0.5) is 0 Å². The molecule has 0 N–H and O–H groups in total. The van der Waals surface area contributed by atoms with E-state index < -0.39 is 5.72 Å². The van der Waals surface area contributed by atoms with Gasteiger partial charge >= 0.3 is 0 Å². The highest BCUT2D eigenvalue weighted by Crippen LogP contribution is 2.28. The van der Waals surface area contributed by atoms with Gasteiger partial charge in [-0.2, -0.15) is 5.11 Å². The first-order valence-electron chi connectivity index (χ1n) is 6.52. The Labute approximate surface area is 127 Å². The van der Waals surface area contributed by atoms with Crippen molar-refractivity contribution in [1.29, 1.82) is 0 Å². The first kappa shape index (κ1) is 16.5. The molecular weight excluding hydrogens is 324 g/mol. The van der Waals surface area contributed by atoms with E-state index in [-0.39, 0.29) is 6.04 Å². The molecule has 0 radical (unpaired) electrons. The Morgan fingerprint density at radius 2 is 1.95 bits per heavy atom. The second kappa shape index (κ2) is 7.90. The molecule has 2 atom stereocenters. The lowest BCUT2D eigenvalue weighted by Gasteiger charge is -2.24. The minimum atomic E-state index is -0.591. The van der Waals surface area contributed by atoms with Crippen molar-refractivity contribution in [3.05, 3.63) is 24.3 Å². The molecule has 1 rings (SSSR count). The minimum absolute atomic E-state index is 0.238. The third-order valence-electron chi connectivity index (χ3n) is 2.96. The summed E-state index contributed by atoms with van der Waals surface area (Å²) in [7, 11) is 1.53. The van der Waals surface area contributed by atoms with E-state index in [1.165, 1.54) is 10.2 Å². The van der Waals surface area contributed by atoms with Crippen molar-refractivity contribution in [1.82, 2.24) is 0 Å². The first-order valence-corrected chi connectivity index (χ1v) is 9.18. The Kier molecular flexibility index (Phi) is 6.86. The maximum Gasteiger partial charge on any atom is 0.215 e. The van der Waals surface area contributed by atoms with Gasteiger partial charge in [-0.05, 0) is 69.5 Å². The van der Waals surface area contributed by atoms with Crippen molar-refractivity contribution in [2.24, 2.45) is 10.2 Å². The second-order valence-electron chi connectivity index (χ2n) is 4.65. The molecule has 0 heterocycles. The average molecular weight is 345 g/mol. The third kappa shape index (κ3) is 5.53. The minimum Gasteiger partial charge on any atom is -0.465 e. The summed E-state index contributed by atoms with van der Waals surface area (Å²) < 4.78 is 5.96. The SMILES string of the molecule is CCC(C)N=NC(C)(CC)Oc1ccc(SBr)cc1. The monoisotopic (exact) mass is 344 g/mol. The fourth-order valence-electron chi connectivity index (χ4n) is 1.28. The van der Waals surface area contributed by atoms with E-state index in [9.17, 15) is 0 Å². The lowest BCUT2D eigenvalue weighted by molar-refractivity contribution is 0.0841. The van der Waals surface area contributed by atoms with Crippen LogP contribution in [0.1, 0.15) is 40.5 Å². The van der Waals surface area contributed by atoms with Gasteiger partial charge in [0.1, 0.15) is 5.75 Å². The molecular formula is C14H21BrN2OS. The molecule has 19 heavy (non-hydrogen) atoms. The van der Waals surface area contributed by atoms with Crippen molar-refractivity contribution in [3.63, 3.8) is 0 Å². The van der Waals surface area contributed by atoms with Gasteiger partial charge in [-0.15, -0.1) is 5.11 Å². The molecule has 0 aromatic heterocycles. The smallest absolute Gasteiger partial charge is 0.215 e. The van der Waals surface area contributed by atoms with Crippen LogP contribution in [-0.4, -0.2) is 11.8 Å². The fraction of sp³-hybridized carbons (Fsp3) is 0.571. The van der Waals surface area contributed by atoms with Gasteiger partial charge in [0, 0.05) is 11.3 Å². The van der Waals surface area contributed by atoms with Crippen molar-refractivity contribution in [2.75, 3.05) is 0 Å². The molecule has 0 aliphatic heterocycles. The Balaban J connectivity index is 2.76. The summed E-state index contributed by atoms with van der Waals surface area (Å²) in [6.07, 6.45) is 1.77. The zero-order chi connectivity index (χ0) is 14.3. The number of hydrogen-bond acceptors (Lipinski definition) is 4. The Bertz CT molecular complexity index is 410. The molecule has 0 amide bonds. The molecule has 0 fully saturated rings. The third-order valence-corrected chi connectivity index (χ3v) is 4.54. The van der Waals surface area contributed by atoms with Gasteiger partial charge < -0.3 is 4.74 Å². The molecule has 106 valence electrons. The van der Waals surface area contributed by atoms with Gasteiger partial charge in [-0.25, -0.2) is 0 Å². The number of hydrogen-bond donors (Lipinski definition) is 0. The first-order chi connectivity index (χ1) is 9.03. The topological polar surface area (TPSA) is 34.0 Å². The molecule has 0 bridgehead atoms. The number of benzene rings is 1. The lowest BCUT2D eigenvalue weighted by Crippen LogP contribution is -2.28. The summed E-state index contributed by atoms with van der Waals surface area (Å²) in [6.45, 7) is 8.18. The molecule has 0 spiro atoms. The zero-order valence-corrected chi connectivity index (χ0v) is 14.3. The van der Waals surface area contributed by atoms with Gasteiger partial charge in [0.25, 0.3) is 0 Å². The van der Waals surface area contributed by atoms with E-state index >= 15 is 0 Å². The molecule has 0 aliphatic carbocycles. The summed E-state index contributed by atoms with van der Waals surface area (Å²) in [5, 5.41) is 8.67. The molecule has 0 saturated heterocycles. The number of nitrogens with zero attached hydrogens (tertiary/aromatic N) is 2. The predicted octanol–water partition coefficient (Wildman–Crippen LogP) is 5.84. The van der Waals surface area contributed by atoms with E-state index in [0.717, 1.165) is 23.5 Å². The van der Waals surface area contributed by atoms with Crippen LogP contribution in [0.5, 0.6) is 5.75 Å². The quantitative estimate of drug-likeness (QED) is 0.581. The molecule has 0 aliphatic rings. The van der Waals surface area contributed by atoms with Gasteiger partial charge in [-0.3, -0.25) is 0 Å². The van der Waals surface area contributed by atoms with E-state index in [4.69, 9.17) is 4.74 Å². The van der Waals surface area contributed by atoms with Crippen LogP contribution < -0.4 is 4.74 Å². The summed E-state index contributed by atoms with van der Waals surface area (Å²) in [5.41, 5.74) is -0.591. The largest absolute Gasteiger partial charge is 0.465 e. The van der Waals surface area contributed by atoms with Crippen molar-refractivity contribution in [2.45, 2.75) is 57.2 Å². The summed E-state index contributed by atoms with van der Waals surface area (Å²) in [6, 6.07) is 8.17. The average Bonchev–Trinajstić information content (AvgIpc) is 2.45. The van der Waals surface area contributed by atoms with Crippen LogP contribution in [0, 0.1) is 0 Å². The normalized spacial score (nSPS) is 16.3. The molecule has 1 aromatic rings. The van der Waals surface area contributed by atoms with E-state index in [1.807, 2.05) is 31.2 Å². The Morgan fingerprint density at radius 1 is 1.32 bits per heavy atom. The van der Waals surface area contributed by atoms with E-state index in [1.54, 1.807) is 0 Å². The molecule has 2 unspecified atom stereocenters. The van der Waals surface area contributed by atoms with Crippen LogP contribution in [0.2, 0.25) is 0 Å². The highest BCUT2D eigenvalue weighted by atomic mass is 79.9. The van der Waals surface area contributed by atoms with Crippen LogP contribution >= 0.6 is 25.0 Å². The molecule has 0 saturated carbocycles. The Hall–Kier alpha value is -0.550. The Morgan fingerprint density at radius 3 is 2.42 bits per heavy atom. The lowest BCUT2D eigenvalue weighted by atomic mass is 10.2. The molecule has 5 heteroatoms. The number of halogens is 1. The molecule has 3 nitrogen and oxygen atoms in total. The summed E-state index contributed by atoms with van der Waals surface area (Å²) in [4.78, 5) is 1.15. The standard InChI is InChI=1S/C14H21BrN2OS/c1-5-11(3)16-17-14(4,6-2)18-12-7-9-13(19-15)10-8-12/h7-11H,5-6H2,1-4H3. The van der Waals surface area contributed by atoms with Gasteiger partial charge in [0.05, 0.1) is 6.04 Å². The molecule has 1 aromatic carbocycles. The van der Waals surface area contributed by atoms with Crippen molar-refractivity contribution >= 4 is 25.0 Å². The van der Waals surface area contributed by atoms with Gasteiger partial charge in [-0.1, -0.05) is 13.8 Å². The zero-order valence-electron chi connectivity index (χ0n) is 11.9. The maximum absolute atomic E-state index is 5.96. The number of azo groups is 1. The van der Waals surface area contributed by atoms with Crippen LogP contribution in [0.25, 0.3) is 0 Å². The number of ether oxygens (including phenoxy) is 1. The van der Waals surface area contributed by atoms with E-state index in [2.05, 4.69) is 45.8 Å². The van der Waals surface area contributed by atoms with Crippen LogP contribution in [-0.2, 0) is 0 Å². The fourth-order valence-corrected chi connectivity index (χ4v) is 2.17. The number of rotatable bonds is 7. The second-order valence-corrected chi connectivity index (χ2v) is 6.25. The highest BCUT2D eigenvalue weighted by molar-refractivity contribution is 9.50. The van der Waals surface area contributed by atoms with Crippen LogP contribution in [0.3, 0.4) is 0 Å². The van der Waals surface area contributed by atoms with Gasteiger partial charge in [0.2, 0.25) is 5.72 Å². The summed E-state index contributed by atoms with van der Waals surface area (Å²) >= 11 is 3.35. The van der Waals surface area contributed by atoms with Crippen LogP contribution in [0.15, 0.2) is 39.4 Å². The van der Waals surface area contributed by atoms with Crippen molar-refractivity contribution in [3.8, 4) is 5.75 Å². The van der Waals surface area contributed by atoms with Crippen molar-refractivity contribution < 1.29 is 4.74 Å². The highest BCUT2D eigenvalue weighted by Gasteiger charge is 2.23. The predicted molar refractivity (Wildman–Crippen MR) is 85.2 cm³/mol. The van der Waals surface area contributed by atoms with Gasteiger partial charge in [0.15, 0.2) is 0 Å². The summed E-state index contributed by atoms with van der Waals surface area (Å²) in [5.74, 6) is 0.817.